The molecule has 0 bridgehead atoms. The van der Waals surface area contributed by atoms with E-state index in [0.717, 1.165) is 4.57 Å². The zero-order valence-corrected chi connectivity index (χ0v) is 16.7. The number of nitrogens with zero attached hydrogens (tertiary/aromatic N) is 2. The number of esters is 1. The zero-order chi connectivity index (χ0) is 21.9. The minimum absolute atomic E-state index is 0.0443. The van der Waals surface area contributed by atoms with E-state index in [1.807, 2.05) is 0 Å². The van der Waals surface area contributed by atoms with E-state index < -0.39 is 51.2 Å². The number of hydrogen-bond acceptors (Lipinski definition) is 8. The van der Waals surface area contributed by atoms with Gasteiger partial charge in [-0.1, -0.05) is 18.2 Å². The maximum Gasteiger partial charge on any atom is 0.332 e. The first-order chi connectivity index (χ1) is 13.5. The number of aromatic nitrogens is 2. The van der Waals surface area contributed by atoms with E-state index in [2.05, 4.69) is 4.72 Å². The number of sulfonamides is 1. The van der Waals surface area contributed by atoms with Crippen LogP contribution in [0.5, 0.6) is 0 Å². The largest absolute Gasteiger partial charge is 0.456 e. The molecular formula is C17H20N4O7S. The summed E-state index contributed by atoms with van der Waals surface area (Å²) in [5, 5.41) is 0. The van der Waals surface area contributed by atoms with Crippen LogP contribution in [0.4, 0.5) is 5.82 Å². The summed E-state index contributed by atoms with van der Waals surface area (Å²) in [6.45, 7) is 0.390. The van der Waals surface area contributed by atoms with E-state index in [1.165, 1.54) is 45.3 Å². The van der Waals surface area contributed by atoms with Crippen molar-refractivity contribution in [3.63, 3.8) is 0 Å². The molecule has 3 N–H and O–H groups in total. The van der Waals surface area contributed by atoms with E-state index in [-0.39, 0.29) is 10.7 Å². The molecule has 1 aromatic heterocycles. The molecule has 0 aliphatic heterocycles. The number of carbonyl (C=O) groups excluding carboxylic acids is 2. The van der Waals surface area contributed by atoms with Crippen molar-refractivity contribution in [1.82, 2.24) is 13.9 Å². The van der Waals surface area contributed by atoms with Crippen LogP contribution >= 0.6 is 0 Å². The van der Waals surface area contributed by atoms with Crippen LogP contribution in [0.1, 0.15) is 17.3 Å². The molecule has 29 heavy (non-hydrogen) atoms. The molecule has 1 atom stereocenters. The third kappa shape index (κ3) is 4.60. The van der Waals surface area contributed by atoms with E-state index in [1.54, 1.807) is 6.07 Å². The number of nitrogen functional groups attached to an aromatic ring is 1. The van der Waals surface area contributed by atoms with E-state index in [0.29, 0.717) is 4.57 Å². The third-order valence-electron chi connectivity index (χ3n) is 4.07. The average molecular weight is 424 g/mol. The van der Waals surface area contributed by atoms with Gasteiger partial charge in [-0.3, -0.25) is 23.5 Å². The molecule has 0 amide bonds. The highest BCUT2D eigenvalue weighted by atomic mass is 32.2. The maximum atomic E-state index is 12.3. The van der Waals surface area contributed by atoms with Crippen LogP contribution in [0.15, 0.2) is 44.8 Å². The number of Topliss-reactive ketones (excluding diaryl/α,β-unsaturated/α-hetero) is 1. The van der Waals surface area contributed by atoms with Gasteiger partial charge in [0.1, 0.15) is 17.4 Å². The summed E-state index contributed by atoms with van der Waals surface area (Å²) in [4.78, 5) is 48.3. The van der Waals surface area contributed by atoms with Crippen molar-refractivity contribution in [2.45, 2.75) is 17.9 Å². The van der Waals surface area contributed by atoms with Crippen molar-refractivity contribution in [3.05, 3.63) is 56.7 Å². The molecule has 0 saturated carbocycles. The van der Waals surface area contributed by atoms with Gasteiger partial charge >= 0.3 is 11.7 Å². The monoisotopic (exact) mass is 424 g/mol. The second-order valence-corrected chi connectivity index (χ2v) is 7.87. The lowest BCUT2D eigenvalue weighted by atomic mass is 10.2. The van der Waals surface area contributed by atoms with Gasteiger partial charge in [0.15, 0.2) is 6.61 Å². The van der Waals surface area contributed by atoms with Crippen LogP contribution < -0.4 is 21.7 Å². The fourth-order valence-corrected chi connectivity index (χ4v) is 3.62. The Bertz CT molecular complexity index is 1170. The Morgan fingerprint density at radius 3 is 2.31 bits per heavy atom. The highest BCUT2D eigenvalue weighted by Crippen LogP contribution is 2.09. The first-order valence-electron chi connectivity index (χ1n) is 8.30. The van der Waals surface area contributed by atoms with Gasteiger partial charge in [0.05, 0.1) is 4.90 Å². The van der Waals surface area contributed by atoms with Gasteiger partial charge in [-0.15, -0.1) is 0 Å². The average Bonchev–Trinajstić information content (AvgIpc) is 2.69. The van der Waals surface area contributed by atoms with E-state index >= 15 is 0 Å². The Kier molecular flexibility index (Phi) is 6.39. The number of carbonyl (C=O) groups is 2. The molecule has 11 nitrogen and oxygen atoms in total. The van der Waals surface area contributed by atoms with E-state index in [4.69, 9.17) is 10.5 Å². The molecule has 1 heterocycles. The first kappa shape index (κ1) is 22.0. The maximum absolute atomic E-state index is 12.3. The molecule has 2 aromatic rings. The zero-order valence-electron chi connectivity index (χ0n) is 15.9. The van der Waals surface area contributed by atoms with Gasteiger partial charge in [-0.05, 0) is 19.1 Å². The summed E-state index contributed by atoms with van der Waals surface area (Å²) >= 11 is 0. The van der Waals surface area contributed by atoms with Gasteiger partial charge in [-0.25, -0.2) is 13.2 Å². The van der Waals surface area contributed by atoms with Crippen molar-refractivity contribution < 1.29 is 22.7 Å². The molecule has 1 aromatic carbocycles. The number of hydrogen-bond donors (Lipinski definition) is 2. The van der Waals surface area contributed by atoms with Crippen LogP contribution in [-0.2, 0) is 33.7 Å². The Labute approximate surface area is 165 Å². The normalized spacial score (nSPS) is 12.4. The summed E-state index contributed by atoms with van der Waals surface area (Å²) in [7, 11) is -1.52. The highest BCUT2D eigenvalue weighted by molar-refractivity contribution is 7.89. The van der Waals surface area contributed by atoms with Crippen molar-refractivity contribution in [1.29, 1.82) is 0 Å². The summed E-state index contributed by atoms with van der Waals surface area (Å²) < 4.78 is 33.0. The fraction of sp³-hybridized carbons (Fsp3) is 0.294. The molecule has 0 spiro atoms. The number of anilines is 1. The highest BCUT2D eigenvalue weighted by Gasteiger charge is 2.25. The molecule has 0 aliphatic rings. The lowest BCUT2D eigenvalue weighted by Crippen LogP contribution is -2.43. The van der Waals surface area contributed by atoms with Gasteiger partial charge in [0.2, 0.25) is 15.8 Å². The molecule has 2 rings (SSSR count). The number of nitrogens with two attached hydrogens (primary N) is 1. The van der Waals surface area contributed by atoms with Crippen molar-refractivity contribution in [2.24, 2.45) is 14.1 Å². The van der Waals surface area contributed by atoms with Gasteiger partial charge < -0.3 is 10.5 Å². The predicted octanol–water partition coefficient (Wildman–Crippen LogP) is -1.24. The topological polar surface area (TPSA) is 160 Å². The lowest BCUT2D eigenvalue weighted by molar-refractivity contribution is -0.144. The standard InChI is InChI=1S/C17H20N4O7S/c1-10(19-29(26,27)11-7-5-4-6-8-11)16(24)28-9-12(22)13-14(18)20(2)17(25)21(3)15(13)23/h4-8,10,19H,9,18H2,1-3H3. The minimum atomic E-state index is -3.97. The summed E-state index contributed by atoms with van der Waals surface area (Å²) in [5.74, 6) is -2.32. The lowest BCUT2D eigenvalue weighted by Gasteiger charge is -2.14. The molecule has 156 valence electrons. The first-order valence-corrected chi connectivity index (χ1v) is 9.78. The number of rotatable bonds is 7. The van der Waals surface area contributed by atoms with Crippen LogP contribution in [0.2, 0.25) is 0 Å². The number of benzene rings is 1. The Morgan fingerprint density at radius 1 is 1.14 bits per heavy atom. The van der Waals surface area contributed by atoms with Crippen LogP contribution in [0.3, 0.4) is 0 Å². The van der Waals surface area contributed by atoms with Crippen molar-refractivity contribution in [3.8, 4) is 0 Å². The molecule has 0 saturated heterocycles. The minimum Gasteiger partial charge on any atom is -0.456 e. The van der Waals surface area contributed by atoms with Gasteiger partial charge in [0.25, 0.3) is 5.56 Å². The molecule has 0 radical (unpaired) electrons. The van der Waals surface area contributed by atoms with E-state index in [9.17, 15) is 27.6 Å². The van der Waals surface area contributed by atoms with Crippen molar-refractivity contribution in [2.75, 3.05) is 12.3 Å². The predicted molar refractivity (Wildman–Crippen MR) is 103 cm³/mol. The SMILES string of the molecule is CC(NS(=O)(=O)c1ccccc1)C(=O)OCC(=O)c1c(N)n(C)c(=O)n(C)c1=O. The fourth-order valence-electron chi connectivity index (χ4n) is 2.40. The Hall–Kier alpha value is -3.25. The van der Waals surface area contributed by atoms with Crippen LogP contribution in [0.25, 0.3) is 0 Å². The van der Waals surface area contributed by atoms with Crippen LogP contribution in [0, 0.1) is 0 Å². The summed E-state index contributed by atoms with van der Waals surface area (Å²) in [5.41, 5.74) is 3.52. The van der Waals surface area contributed by atoms with Gasteiger partial charge in [-0.2, -0.15) is 4.72 Å². The second kappa shape index (κ2) is 8.41. The quantitative estimate of drug-likeness (QED) is 0.412. The van der Waals surface area contributed by atoms with Crippen LogP contribution in [-0.4, -0.2) is 42.0 Å². The van der Waals surface area contributed by atoms with Crippen molar-refractivity contribution >= 4 is 27.6 Å². The second-order valence-electron chi connectivity index (χ2n) is 6.15. The Balaban J connectivity index is 2.11. The Morgan fingerprint density at radius 2 is 1.72 bits per heavy atom. The molecular weight excluding hydrogens is 404 g/mol. The molecule has 1 unspecified atom stereocenters. The number of ketones is 1. The molecule has 12 heteroatoms. The third-order valence-corrected chi connectivity index (χ3v) is 5.63. The number of ether oxygens (including phenoxy) is 1. The van der Waals surface area contributed by atoms with Gasteiger partial charge in [0, 0.05) is 14.1 Å². The molecule has 0 aliphatic carbocycles. The summed E-state index contributed by atoms with van der Waals surface area (Å²) in [6, 6.07) is 6.08. The summed E-state index contributed by atoms with van der Waals surface area (Å²) in [6.07, 6.45) is 0. The molecule has 0 fully saturated rings. The smallest absolute Gasteiger partial charge is 0.332 e. The number of nitrogens with one attached hydrogen (secondary N) is 1.